The molecule has 0 spiro atoms. The Labute approximate surface area is 299 Å². The van der Waals surface area contributed by atoms with Gasteiger partial charge in [0.1, 0.15) is 0 Å². The van der Waals surface area contributed by atoms with Crippen molar-refractivity contribution in [2.75, 3.05) is 19.9 Å². The number of aliphatic hydroxyl groups is 1. The standard InChI is InChI=1S/C38H37Cl2N3O7/c39-28-13-10-26(20-29(28)40)12-15-37(46)42(18-16-27-11-14-34-35(22-27)49-24-48-34)23-32(44)30(21-25-6-2-1-3-7-25)41-36(45)17-19-43-31-8-4-5-9-33(31)50-38(43)47/h1-11,13-14,20,22,30,32,44H,12,15-19,21,23-24H2,(H,41,45). The first kappa shape index (κ1) is 35.1. The second-order valence-corrected chi connectivity index (χ2v) is 13.0. The second kappa shape index (κ2) is 16.3. The van der Waals surface area contributed by atoms with Gasteiger partial charge in [-0.1, -0.05) is 77.8 Å². The zero-order valence-corrected chi connectivity index (χ0v) is 28.7. The number of nitrogens with zero attached hydrogens (tertiary/aromatic N) is 2. The summed E-state index contributed by atoms with van der Waals surface area (Å²) in [6, 6.07) is 26.8. The zero-order valence-electron chi connectivity index (χ0n) is 27.2. The Morgan fingerprint density at radius 2 is 1.58 bits per heavy atom. The number of rotatable bonds is 15. The van der Waals surface area contributed by atoms with Gasteiger partial charge in [-0.3, -0.25) is 14.2 Å². The molecule has 1 aliphatic rings. The van der Waals surface area contributed by atoms with Gasteiger partial charge in [-0.15, -0.1) is 0 Å². The lowest BCUT2D eigenvalue weighted by molar-refractivity contribution is -0.133. The summed E-state index contributed by atoms with van der Waals surface area (Å²) in [5.41, 5.74) is 3.76. The number of carbonyl (C=O) groups is 2. The highest BCUT2D eigenvalue weighted by atomic mass is 35.5. The zero-order chi connectivity index (χ0) is 35.0. The van der Waals surface area contributed by atoms with E-state index >= 15 is 0 Å². The molecule has 0 saturated carbocycles. The van der Waals surface area contributed by atoms with E-state index < -0.39 is 17.9 Å². The third kappa shape index (κ3) is 8.87. The number of carbonyl (C=O) groups excluding carboxylic acids is 2. The first-order valence-electron chi connectivity index (χ1n) is 16.4. The van der Waals surface area contributed by atoms with Crippen LogP contribution >= 0.6 is 23.2 Å². The molecule has 2 N–H and O–H groups in total. The molecule has 2 amide bonds. The number of benzene rings is 4. The van der Waals surface area contributed by atoms with Gasteiger partial charge in [0, 0.05) is 32.5 Å². The lowest BCUT2D eigenvalue weighted by Gasteiger charge is -2.31. The first-order valence-corrected chi connectivity index (χ1v) is 17.2. The minimum atomic E-state index is -1.11. The minimum absolute atomic E-state index is 0.0160. The lowest BCUT2D eigenvalue weighted by atomic mass is 10.00. The van der Waals surface area contributed by atoms with E-state index in [0.29, 0.717) is 58.5 Å². The van der Waals surface area contributed by atoms with Crippen LogP contribution in [0.5, 0.6) is 11.5 Å². The number of halogens is 2. The summed E-state index contributed by atoms with van der Waals surface area (Å²) in [5, 5.41) is 15.5. The third-order valence-corrected chi connectivity index (χ3v) is 9.46. The quantitative estimate of drug-likeness (QED) is 0.140. The van der Waals surface area contributed by atoms with E-state index in [2.05, 4.69) is 5.32 Å². The van der Waals surface area contributed by atoms with Crippen molar-refractivity contribution >= 4 is 46.1 Å². The Hall–Kier alpha value is -4.77. The molecule has 0 radical (unpaired) electrons. The number of hydrogen-bond donors (Lipinski definition) is 2. The molecule has 2 unspecified atom stereocenters. The Bertz CT molecular complexity index is 2010. The number of aliphatic hydroxyl groups excluding tert-OH is 1. The molecule has 1 aromatic heterocycles. The number of hydrogen-bond acceptors (Lipinski definition) is 7. The van der Waals surface area contributed by atoms with Crippen LogP contribution in [-0.2, 0) is 35.4 Å². The van der Waals surface area contributed by atoms with Gasteiger partial charge in [-0.2, -0.15) is 0 Å². The maximum absolute atomic E-state index is 13.8. The highest BCUT2D eigenvalue weighted by Gasteiger charge is 2.27. The van der Waals surface area contributed by atoms with Crippen molar-refractivity contribution in [1.82, 2.24) is 14.8 Å². The van der Waals surface area contributed by atoms with Crippen molar-refractivity contribution in [3.63, 3.8) is 0 Å². The molecule has 0 fully saturated rings. The van der Waals surface area contributed by atoms with Crippen LogP contribution in [0.15, 0.2) is 100 Å². The average molecular weight is 719 g/mol. The smallest absolute Gasteiger partial charge is 0.419 e. The van der Waals surface area contributed by atoms with E-state index in [-0.39, 0.29) is 44.5 Å². The van der Waals surface area contributed by atoms with Gasteiger partial charge in [0.05, 0.1) is 27.7 Å². The SMILES string of the molecule is O=C(CCn1c(=O)oc2ccccc21)NC(Cc1ccccc1)C(O)CN(CCc1ccc2c(c1)OCO2)C(=O)CCc1ccc(Cl)c(Cl)c1. The van der Waals surface area contributed by atoms with E-state index in [4.69, 9.17) is 37.1 Å². The number of oxazole rings is 1. The van der Waals surface area contributed by atoms with Crippen molar-refractivity contribution in [1.29, 1.82) is 0 Å². The van der Waals surface area contributed by atoms with Crippen LogP contribution in [0, 0.1) is 0 Å². The molecule has 6 rings (SSSR count). The van der Waals surface area contributed by atoms with E-state index in [0.717, 1.165) is 16.7 Å². The Kier molecular flexibility index (Phi) is 11.4. The Morgan fingerprint density at radius 1 is 0.840 bits per heavy atom. The molecule has 5 aromatic rings. The summed E-state index contributed by atoms with van der Waals surface area (Å²) in [5.74, 6) is 0.268. The van der Waals surface area contributed by atoms with Crippen molar-refractivity contribution in [3.05, 3.63) is 128 Å². The van der Waals surface area contributed by atoms with Crippen LogP contribution in [0.3, 0.4) is 0 Å². The second-order valence-electron chi connectivity index (χ2n) is 12.2. The molecule has 12 heteroatoms. The number of ether oxygens (including phenoxy) is 2. The van der Waals surface area contributed by atoms with E-state index in [9.17, 15) is 19.5 Å². The van der Waals surface area contributed by atoms with Gasteiger partial charge in [-0.05, 0) is 72.4 Å². The Balaban J connectivity index is 1.17. The van der Waals surface area contributed by atoms with Crippen LogP contribution in [0.4, 0.5) is 0 Å². The van der Waals surface area contributed by atoms with Crippen molar-refractivity contribution in [2.24, 2.45) is 0 Å². The number of aromatic nitrogens is 1. The van der Waals surface area contributed by atoms with Gasteiger partial charge in [-0.25, -0.2) is 4.79 Å². The fourth-order valence-electron chi connectivity index (χ4n) is 6.01. The predicted molar refractivity (Wildman–Crippen MR) is 191 cm³/mol. The normalized spacial score (nSPS) is 13.3. The third-order valence-electron chi connectivity index (χ3n) is 8.72. The molecule has 260 valence electrons. The molecule has 0 bridgehead atoms. The fourth-order valence-corrected chi connectivity index (χ4v) is 6.33. The Morgan fingerprint density at radius 3 is 2.40 bits per heavy atom. The molecular weight excluding hydrogens is 681 g/mol. The van der Waals surface area contributed by atoms with Crippen LogP contribution in [0.2, 0.25) is 10.0 Å². The largest absolute Gasteiger partial charge is 0.454 e. The summed E-state index contributed by atoms with van der Waals surface area (Å²) in [6.07, 6.45) is 0.314. The first-order chi connectivity index (χ1) is 24.2. The monoisotopic (exact) mass is 717 g/mol. The summed E-state index contributed by atoms with van der Waals surface area (Å²) in [4.78, 5) is 41.2. The van der Waals surface area contributed by atoms with Crippen LogP contribution < -0.4 is 20.5 Å². The van der Waals surface area contributed by atoms with E-state index in [1.807, 2.05) is 54.6 Å². The van der Waals surface area contributed by atoms with E-state index in [1.54, 1.807) is 41.3 Å². The molecule has 0 aliphatic carbocycles. The molecule has 50 heavy (non-hydrogen) atoms. The van der Waals surface area contributed by atoms with Crippen LogP contribution in [-0.4, -0.2) is 58.4 Å². The van der Waals surface area contributed by atoms with Gasteiger partial charge < -0.3 is 29.2 Å². The van der Waals surface area contributed by atoms with Gasteiger partial charge in [0.15, 0.2) is 17.1 Å². The predicted octanol–water partition coefficient (Wildman–Crippen LogP) is 5.81. The number of nitrogens with one attached hydrogen (secondary N) is 1. The maximum Gasteiger partial charge on any atom is 0.419 e. The fraction of sp³-hybridized carbons (Fsp3) is 0.289. The van der Waals surface area contributed by atoms with Crippen LogP contribution in [0.25, 0.3) is 11.1 Å². The number of fused-ring (bicyclic) bond motifs is 2. The maximum atomic E-state index is 13.8. The lowest BCUT2D eigenvalue weighted by Crippen LogP contribution is -2.51. The molecular formula is C38H37Cl2N3O7. The summed E-state index contributed by atoms with van der Waals surface area (Å²) in [6.45, 7) is 0.562. The van der Waals surface area contributed by atoms with Crippen molar-refractivity contribution < 1.29 is 28.6 Å². The molecule has 10 nitrogen and oxygen atoms in total. The molecule has 2 atom stereocenters. The number of amides is 2. The summed E-state index contributed by atoms with van der Waals surface area (Å²) >= 11 is 12.3. The molecule has 0 saturated heterocycles. The van der Waals surface area contributed by atoms with Crippen molar-refractivity contribution in [2.45, 2.75) is 50.8 Å². The summed E-state index contributed by atoms with van der Waals surface area (Å²) in [7, 11) is 0. The molecule has 1 aliphatic heterocycles. The topological polar surface area (TPSA) is 123 Å². The van der Waals surface area contributed by atoms with Crippen molar-refractivity contribution in [3.8, 4) is 11.5 Å². The minimum Gasteiger partial charge on any atom is -0.454 e. The molecule has 2 heterocycles. The highest BCUT2D eigenvalue weighted by molar-refractivity contribution is 6.42. The summed E-state index contributed by atoms with van der Waals surface area (Å²) < 4.78 is 17.7. The highest BCUT2D eigenvalue weighted by Crippen LogP contribution is 2.32. The van der Waals surface area contributed by atoms with Crippen LogP contribution in [0.1, 0.15) is 29.5 Å². The molecule has 4 aromatic carbocycles. The van der Waals surface area contributed by atoms with Gasteiger partial charge in [0.25, 0.3) is 0 Å². The van der Waals surface area contributed by atoms with E-state index in [1.165, 1.54) is 4.57 Å². The van der Waals surface area contributed by atoms with Gasteiger partial charge >= 0.3 is 5.76 Å². The number of para-hydroxylation sites is 2. The average Bonchev–Trinajstić information content (AvgIpc) is 3.72. The number of aryl methyl sites for hydroxylation is 2. The van der Waals surface area contributed by atoms with Gasteiger partial charge in [0.2, 0.25) is 18.6 Å².